The van der Waals surface area contributed by atoms with Gasteiger partial charge in [0.2, 0.25) is 0 Å². The largest absolute Gasteiger partial charge is 0.468 e. The number of benzene rings is 1. The lowest BCUT2D eigenvalue weighted by molar-refractivity contribution is -0.142. The Bertz CT molecular complexity index is 1260. The van der Waals surface area contributed by atoms with Crippen molar-refractivity contribution in [2.45, 2.75) is 50.5 Å². The maximum atomic E-state index is 13.7. The van der Waals surface area contributed by atoms with Crippen LogP contribution >= 0.6 is 7.75 Å². The molecule has 1 aliphatic heterocycles. The molecule has 15 heteroatoms. The first kappa shape index (κ1) is 25.9. The summed E-state index contributed by atoms with van der Waals surface area (Å²) in [5, 5.41) is 24.0. The van der Waals surface area contributed by atoms with Gasteiger partial charge in [0.25, 0.3) is 0 Å². The van der Waals surface area contributed by atoms with Gasteiger partial charge in [0, 0.05) is 0 Å². The van der Waals surface area contributed by atoms with E-state index in [2.05, 4.69) is 24.8 Å². The second-order valence-corrected chi connectivity index (χ2v) is 9.79. The lowest BCUT2D eigenvalue weighted by Crippen LogP contribution is -2.41. The number of nitrogens with two attached hydrogens (primary N) is 1. The SMILES string of the molecule is COC(=O)[C@@H](C)N[P@](=O)(Oc1ccccc1)O[C@@H](C)[C@H]1O[C@@H](n2cnc3c(N)ncnc32)[C@H](O)[C@@H]1O. The summed E-state index contributed by atoms with van der Waals surface area (Å²) in [5.74, 6) is -0.334. The minimum atomic E-state index is -4.22. The molecule has 1 saturated heterocycles. The molecule has 0 unspecified atom stereocenters. The monoisotopic (exact) mass is 522 g/mol. The molecule has 0 bridgehead atoms. The lowest BCUT2D eigenvalue weighted by atomic mass is 10.1. The molecule has 1 fully saturated rings. The van der Waals surface area contributed by atoms with Crippen molar-refractivity contribution in [1.29, 1.82) is 0 Å². The van der Waals surface area contributed by atoms with Crippen LogP contribution in [0.25, 0.3) is 11.2 Å². The van der Waals surface area contributed by atoms with Gasteiger partial charge in [-0.05, 0) is 26.0 Å². The first-order valence-corrected chi connectivity index (χ1v) is 12.5. The first-order chi connectivity index (χ1) is 17.1. The number of nitrogens with zero attached hydrogens (tertiary/aromatic N) is 4. The number of carbonyl (C=O) groups excluding carboxylic acids is 1. The van der Waals surface area contributed by atoms with Crippen molar-refractivity contribution in [2.24, 2.45) is 0 Å². The van der Waals surface area contributed by atoms with Gasteiger partial charge >= 0.3 is 13.7 Å². The molecule has 0 saturated carbocycles. The third kappa shape index (κ3) is 5.19. The highest BCUT2D eigenvalue weighted by molar-refractivity contribution is 7.52. The Hall–Kier alpha value is -3.13. The molecule has 0 spiro atoms. The third-order valence-corrected chi connectivity index (χ3v) is 7.34. The summed E-state index contributed by atoms with van der Waals surface area (Å²) < 4.78 is 37.0. The fourth-order valence-electron chi connectivity index (χ4n) is 3.80. The van der Waals surface area contributed by atoms with Crippen molar-refractivity contribution in [2.75, 3.05) is 12.8 Å². The van der Waals surface area contributed by atoms with Crippen LogP contribution in [0, 0.1) is 0 Å². The molecule has 5 N–H and O–H groups in total. The highest BCUT2D eigenvalue weighted by atomic mass is 31.2. The molecule has 7 atom stereocenters. The van der Waals surface area contributed by atoms with E-state index in [1.807, 2.05) is 0 Å². The van der Waals surface area contributed by atoms with Crippen LogP contribution in [0.1, 0.15) is 20.1 Å². The fraction of sp³-hybridized carbons (Fsp3) is 0.429. The zero-order valence-electron chi connectivity index (χ0n) is 19.7. The number of rotatable bonds is 9. The van der Waals surface area contributed by atoms with Gasteiger partial charge in [0.1, 0.15) is 41.9 Å². The van der Waals surface area contributed by atoms with E-state index < -0.39 is 50.4 Å². The molecule has 1 aromatic carbocycles. The second-order valence-electron chi connectivity index (χ2n) is 8.14. The topological polar surface area (TPSA) is 193 Å². The smallest absolute Gasteiger partial charge is 0.459 e. The standard InChI is InChI=1S/C21H27N6O8P/c1-11(21(30)32-3)26-36(31,35-13-7-5-4-6-8-13)34-12(2)17-15(28)16(29)20(33-17)27-10-25-14-18(22)23-9-24-19(14)27/h4-12,15-17,20,28-29H,1-3H3,(H,26,31)(H2,22,23,24)/t11-,12+,15+,16-,17-,20-,36-/m1/s1. The van der Waals surface area contributed by atoms with Crippen molar-refractivity contribution in [3.05, 3.63) is 43.0 Å². The zero-order chi connectivity index (χ0) is 26.0. The molecule has 0 radical (unpaired) electrons. The zero-order valence-corrected chi connectivity index (χ0v) is 20.6. The van der Waals surface area contributed by atoms with Crippen LogP contribution in [0.4, 0.5) is 5.82 Å². The quantitative estimate of drug-likeness (QED) is 0.228. The number of fused-ring (bicyclic) bond motifs is 1. The van der Waals surface area contributed by atoms with Crippen molar-refractivity contribution in [1.82, 2.24) is 24.6 Å². The lowest BCUT2D eigenvalue weighted by Gasteiger charge is -2.28. The van der Waals surface area contributed by atoms with Crippen molar-refractivity contribution in [3.63, 3.8) is 0 Å². The van der Waals surface area contributed by atoms with Gasteiger partial charge in [-0.3, -0.25) is 13.9 Å². The number of para-hydroxylation sites is 1. The summed E-state index contributed by atoms with van der Waals surface area (Å²) in [6.07, 6.45) is -3.59. The normalized spacial score (nSPS) is 25.2. The fourth-order valence-corrected chi connectivity index (χ4v) is 5.50. The van der Waals surface area contributed by atoms with Crippen LogP contribution in [0.3, 0.4) is 0 Å². The van der Waals surface area contributed by atoms with E-state index in [1.165, 1.54) is 38.2 Å². The summed E-state index contributed by atoms with van der Waals surface area (Å²) in [6.45, 7) is 2.92. The molecule has 194 valence electrons. The van der Waals surface area contributed by atoms with Crippen molar-refractivity contribution < 1.29 is 38.1 Å². The van der Waals surface area contributed by atoms with Crippen LogP contribution < -0.4 is 15.3 Å². The number of hydrogen-bond donors (Lipinski definition) is 4. The Labute approximate surface area is 206 Å². The molecule has 14 nitrogen and oxygen atoms in total. The molecule has 4 rings (SSSR count). The highest BCUT2D eigenvalue weighted by Gasteiger charge is 2.49. The number of carbonyl (C=O) groups is 1. The maximum Gasteiger partial charge on any atom is 0.459 e. The van der Waals surface area contributed by atoms with E-state index in [9.17, 15) is 19.6 Å². The number of aliphatic hydroxyl groups is 2. The van der Waals surface area contributed by atoms with Gasteiger partial charge < -0.3 is 29.9 Å². The summed E-state index contributed by atoms with van der Waals surface area (Å²) >= 11 is 0. The molecule has 3 aromatic rings. The Kier molecular flexibility index (Phi) is 7.54. The maximum absolute atomic E-state index is 13.7. The van der Waals surface area contributed by atoms with Crippen molar-refractivity contribution >= 4 is 30.7 Å². The van der Waals surface area contributed by atoms with Gasteiger partial charge in [0.05, 0.1) is 19.5 Å². The van der Waals surface area contributed by atoms with E-state index >= 15 is 0 Å². The molecule has 3 heterocycles. The number of aromatic nitrogens is 4. The average molecular weight is 522 g/mol. The van der Waals surface area contributed by atoms with E-state index in [0.29, 0.717) is 11.2 Å². The summed E-state index contributed by atoms with van der Waals surface area (Å²) in [4.78, 5) is 24.1. The molecule has 2 aromatic heterocycles. The first-order valence-electron chi connectivity index (χ1n) is 11.0. The molecular formula is C21H27N6O8P. The number of imidazole rings is 1. The predicted molar refractivity (Wildman–Crippen MR) is 125 cm³/mol. The van der Waals surface area contributed by atoms with Gasteiger partial charge in [0.15, 0.2) is 17.7 Å². The van der Waals surface area contributed by atoms with Crippen LogP contribution in [0.15, 0.2) is 43.0 Å². The average Bonchev–Trinajstić information content (AvgIpc) is 3.40. The van der Waals surface area contributed by atoms with Gasteiger partial charge in [-0.2, -0.15) is 5.09 Å². The van der Waals surface area contributed by atoms with E-state index in [0.717, 1.165) is 0 Å². The Morgan fingerprint density at radius 1 is 1.19 bits per heavy atom. The molecule has 0 amide bonds. The van der Waals surface area contributed by atoms with Crippen LogP contribution in [0.2, 0.25) is 0 Å². The van der Waals surface area contributed by atoms with Gasteiger partial charge in [-0.1, -0.05) is 18.2 Å². The number of anilines is 1. The van der Waals surface area contributed by atoms with E-state index in [1.54, 1.807) is 30.3 Å². The minimum absolute atomic E-state index is 0.143. The second kappa shape index (κ2) is 10.5. The van der Waals surface area contributed by atoms with E-state index in [-0.39, 0.29) is 11.6 Å². The number of methoxy groups -OCH3 is 1. The third-order valence-electron chi connectivity index (χ3n) is 5.58. The van der Waals surface area contributed by atoms with Crippen LogP contribution in [-0.2, 0) is 23.4 Å². The van der Waals surface area contributed by atoms with Crippen LogP contribution in [-0.4, -0.2) is 73.3 Å². The number of nitrogens with one attached hydrogen (secondary N) is 1. The Morgan fingerprint density at radius 2 is 1.92 bits per heavy atom. The number of ether oxygens (including phenoxy) is 2. The summed E-state index contributed by atoms with van der Waals surface area (Å²) in [6, 6.07) is 7.15. The molecule has 0 aliphatic carbocycles. The Morgan fingerprint density at radius 3 is 2.61 bits per heavy atom. The highest BCUT2D eigenvalue weighted by Crippen LogP contribution is 2.48. The number of aliphatic hydroxyl groups excluding tert-OH is 2. The Balaban J connectivity index is 1.56. The summed E-state index contributed by atoms with van der Waals surface area (Å²) in [5.41, 5.74) is 6.42. The van der Waals surface area contributed by atoms with Gasteiger partial charge in [-0.25, -0.2) is 19.5 Å². The minimum Gasteiger partial charge on any atom is -0.468 e. The summed E-state index contributed by atoms with van der Waals surface area (Å²) in [7, 11) is -3.03. The number of esters is 1. The predicted octanol–water partition coefficient (Wildman–Crippen LogP) is 0.771. The number of hydrogen-bond acceptors (Lipinski definition) is 12. The molecule has 1 aliphatic rings. The molecule has 36 heavy (non-hydrogen) atoms. The van der Waals surface area contributed by atoms with E-state index in [4.69, 9.17) is 19.5 Å². The number of nitrogen functional groups attached to an aromatic ring is 1. The van der Waals surface area contributed by atoms with Crippen LogP contribution in [0.5, 0.6) is 5.75 Å². The van der Waals surface area contributed by atoms with Crippen molar-refractivity contribution in [3.8, 4) is 5.75 Å². The van der Waals surface area contributed by atoms with Gasteiger partial charge in [-0.15, -0.1) is 0 Å². The molecular weight excluding hydrogens is 495 g/mol.